The van der Waals surface area contributed by atoms with E-state index in [-0.39, 0.29) is 5.91 Å². The first kappa shape index (κ1) is 25.6. The Kier molecular flexibility index (Phi) is 7.36. The van der Waals surface area contributed by atoms with E-state index in [0.29, 0.717) is 38.5 Å². The molecule has 0 bridgehead atoms. The first-order valence-corrected chi connectivity index (χ1v) is 14.1. The molecule has 1 saturated heterocycles. The van der Waals surface area contributed by atoms with Gasteiger partial charge in [0.05, 0.1) is 16.9 Å². The number of piperazine rings is 1. The molecule has 39 heavy (non-hydrogen) atoms. The number of carbonyl (C=O) groups excluding carboxylic acids is 1. The normalized spacial score (nSPS) is 15.8. The van der Waals surface area contributed by atoms with E-state index >= 15 is 0 Å². The maximum atomic E-state index is 12.9. The van der Waals surface area contributed by atoms with Gasteiger partial charge in [-0.15, -0.1) is 0 Å². The largest absolute Gasteiger partial charge is 0.338 e. The fourth-order valence-corrected chi connectivity index (χ4v) is 5.43. The smallest absolute Gasteiger partial charge is 0.267 e. The van der Waals surface area contributed by atoms with Crippen molar-refractivity contribution < 1.29 is 4.79 Å². The third-order valence-corrected chi connectivity index (χ3v) is 8.03. The molecule has 1 aliphatic heterocycles. The van der Waals surface area contributed by atoms with Crippen LogP contribution in [-0.4, -0.2) is 61.9 Å². The minimum Gasteiger partial charge on any atom is -0.338 e. The Morgan fingerprint density at radius 3 is 2.62 bits per heavy atom. The van der Waals surface area contributed by atoms with Crippen LogP contribution < -0.4 is 15.5 Å². The third kappa shape index (κ3) is 6.16. The van der Waals surface area contributed by atoms with Crippen molar-refractivity contribution in [2.24, 2.45) is 0 Å². The summed E-state index contributed by atoms with van der Waals surface area (Å²) in [6.45, 7) is 6.32. The van der Waals surface area contributed by atoms with Crippen LogP contribution in [0.4, 0.5) is 22.7 Å². The molecule has 2 fully saturated rings. The zero-order valence-corrected chi connectivity index (χ0v) is 23.0. The molecule has 0 atom stereocenters. The predicted octanol–water partition coefficient (Wildman–Crippen LogP) is 4.88. The van der Waals surface area contributed by atoms with E-state index in [2.05, 4.69) is 47.5 Å². The average Bonchev–Trinajstić information content (AvgIpc) is 3.70. The van der Waals surface area contributed by atoms with E-state index in [1.54, 1.807) is 12.3 Å². The fraction of sp³-hybridized carbons (Fsp3) is 0.333. The van der Waals surface area contributed by atoms with Crippen molar-refractivity contribution in [1.82, 2.24) is 29.8 Å². The van der Waals surface area contributed by atoms with Gasteiger partial charge in [0.2, 0.25) is 11.9 Å². The number of carbonyl (C=O) groups is 1. The average molecular weight is 562 g/mol. The van der Waals surface area contributed by atoms with Crippen LogP contribution in [0.5, 0.6) is 0 Å². The number of nitrogens with one attached hydrogen (secondary N) is 2. The molecule has 1 aliphatic carbocycles. The number of benzene rings is 1. The van der Waals surface area contributed by atoms with Crippen LogP contribution in [0.25, 0.3) is 0 Å². The Labute approximate surface area is 235 Å². The summed E-state index contributed by atoms with van der Waals surface area (Å²) in [5.74, 6) is 2.05. The Morgan fingerprint density at radius 1 is 1.08 bits per heavy atom. The maximum absolute atomic E-state index is 12.9. The SMILES string of the molecule is Cc1cccc(Cl)c1NC(=O)c1cnc(Nc2nc(C3CC3)nc(N3CCN(Cc4ccncc4)CC3)n2)s1. The summed E-state index contributed by atoms with van der Waals surface area (Å²) in [4.78, 5) is 40.7. The van der Waals surface area contributed by atoms with Crippen LogP contribution in [0.3, 0.4) is 0 Å². The lowest BCUT2D eigenvalue weighted by molar-refractivity contribution is 0.103. The van der Waals surface area contributed by atoms with Gasteiger partial charge in [-0.05, 0) is 49.1 Å². The number of hydrogen-bond donors (Lipinski definition) is 2. The molecule has 1 amide bonds. The van der Waals surface area contributed by atoms with Gasteiger partial charge in [-0.3, -0.25) is 20.0 Å². The lowest BCUT2D eigenvalue weighted by Gasteiger charge is -2.34. The number of thiazole rings is 1. The molecule has 12 heteroatoms. The Bertz CT molecular complexity index is 1450. The van der Waals surface area contributed by atoms with E-state index in [4.69, 9.17) is 21.6 Å². The highest BCUT2D eigenvalue weighted by atomic mass is 35.5. The lowest BCUT2D eigenvalue weighted by Crippen LogP contribution is -2.46. The van der Waals surface area contributed by atoms with Crippen LogP contribution in [0, 0.1) is 6.92 Å². The van der Waals surface area contributed by atoms with Crippen molar-refractivity contribution in [2.75, 3.05) is 41.7 Å². The second kappa shape index (κ2) is 11.2. The maximum Gasteiger partial charge on any atom is 0.267 e. The van der Waals surface area contributed by atoms with Gasteiger partial charge >= 0.3 is 0 Å². The number of para-hydroxylation sites is 1. The number of rotatable bonds is 8. The molecule has 0 radical (unpaired) electrons. The third-order valence-electron chi connectivity index (χ3n) is 6.80. The van der Waals surface area contributed by atoms with Crippen molar-refractivity contribution in [3.63, 3.8) is 0 Å². The fourth-order valence-electron chi connectivity index (χ4n) is 4.45. The number of nitrogens with zero attached hydrogens (tertiary/aromatic N) is 7. The van der Waals surface area contributed by atoms with Crippen LogP contribution in [-0.2, 0) is 6.54 Å². The van der Waals surface area contributed by atoms with Gasteiger partial charge in [0.15, 0.2) is 5.13 Å². The highest BCUT2D eigenvalue weighted by Crippen LogP contribution is 2.39. The Balaban J connectivity index is 1.13. The minimum atomic E-state index is -0.267. The van der Waals surface area contributed by atoms with Gasteiger partial charge in [0, 0.05) is 51.0 Å². The van der Waals surface area contributed by atoms with Crippen molar-refractivity contribution in [3.8, 4) is 0 Å². The summed E-state index contributed by atoms with van der Waals surface area (Å²) in [5, 5.41) is 7.13. The van der Waals surface area contributed by atoms with Crippen LogP contribution in [0.15, 0.2) is 48.9 Å². The number of halogens is 1. The topological polar surface area (TPSA) is 112 Å². The van der Waals surface area contributed by atoms with Crippen molar-refractivity contribution >= 4 is 51.6 Å². The van der Waals surface area contributed by atoms with Gasteiger partial charge < -0.3 is 10.2 Å². The molecule has 10 nitrogen and oxygen atoms in total. The lowest BCUT2D eigenvalue weighted by atomic mass is 10.2. The molecule has 3 aromatic heterocycles. The number of anilines is 4. The summed E-state index contributed by atoms with van der Waals surface area (Å²) in [7, 11) is 0. The predicted molar refractivity (Wildman–Crippen MR) is 153 cm³/mol. The second-order valence-electron chi connectivity index (χ2n) is 9.75. The van der Waals surface area contributed by atoms with Gasteiger partial charge in [-0.2, -0.15) is 15.0 Å². The highest BCUT2D eigenvalue weighted by Gasteiger charge is 2.29. The molecular formula is C27H28ClN9OS. The van der Waals surface area contributed by atoms with E-state index in [0.717, 1.165) is 57.0 Å². The van der Waals surface area contributed by atoms with Crippen molar-refractivity contribution in [2.45, 2.75) is 32.2 Å². The van der Waals surface area contributed by atoms with Crippen molar-refractivity contribution in [1.29, 1.82) is 0 Å². The van der Waals surface area contributed by atoms with Crippen LogP contribution >= 0.6 is 22.9 Å². The molecular weight excluding hydrogens is 534 g/mol. The molecule has 6 rings (SSSR count). The number of aryl methyl sites for hydroxylation is 1. The monoisotopic (exact) mass is 561 g/mol. The Morgan fingerprint density at radius 2 is 1.87 bits per heavy atom. The zero-order valence-electron chi connectivity index (χ0n) is 21.5. The summed E-state index contributed by atoms with van der Waals surface area (Å²) >= 11 is 7.51. The number of aromatic nitrogens is 5. The summed E-state index contributed by atoms with van der Waals surface area (Å²) in [6, 6.07) is 9.62. The van der Waals surface area contributed by atoms with Gasteiger partial charge in [-0.1, -0.05) is 35.1 Å². The quantitative estimate of drug-likeness (QED) is 0.311. The van der Waals surface area contributed by atoms with E-state index in [9.17, 15) is 4.79 Å². The standard InChI is InChI=1S/C27H28ClN9OS/c1-17-3-2-4-20(28)22(17)31-24(38)21-15-30-27(39-21)35-25-32-23(19-5-6-19)33-26(34-25)37-13-11-36(12-14-37)16-18-7-9-29-10-8-18/h2-4,7-10,15,19H,5-6,11-14,16H2,1H3,(H,31,38)(H,30,32,33,34,35). The molecule has 1 saturated carbocycles. The molecule has 0 unspecified atom stereocenters. The summed E-state index contributed by atoms with van der Waals surface area (Å²) < 4.78 is 0. The number of pyridine rings is 1. The van der Waals surface area contributed by atoms with Gasteiger partial charge in [0.25, 0.3) is 5.91 Å². The molecule has 4 aromatic rings. The molecule has 2 N–H and O–H groups in total. The van der Waals surface area contributed by atoms with Gasteiger partial charge in [-0.25, -0.2) is 4.98 Å². The van der Waals surface area contributed by atoms with Crippen LogP contribution in [0.1, 0.15) is 45.4 Å². The van der Waals surface area contributed by atoms with E-state index < -0.39 is 0 Å². The molecule has 200 valence electrons. The van der Waals surface area contributed by atoms with Crippen molar-refractivity contribution in [3.05, 3.63) is 75.8 Å². The number of hydrogen-bond acceptors (Lipinski definition) is 10. The first-order chi connectivity index (χ1) is 19.0. The molecule has 1 aromatic carbocycles. The van der Waals surface area contributed by atoms with E-state index in [1.165, 1.54) is 16.9 Å². The summed E-state index contributed by atoms with van der Waals surface area (Å²) in [6.07, 6.45) is 7.39. The Hall–Kier alpha value is -3.67. The van der Waals surface area contributed by atoms with E-state index in [1.807, 2.05) is 31.5 Å². The second-order valence-corrected chi connectivity index (χ2v) is 11.2. The highest BCUT2D eigenvalue weighted by molar-refractivity contribution is 7.17. The minimum absolute atomic E-state index is 0.267. The molecule has 0 spiro atoms. The number of amides is 1. The first-order valence-electron chi connectivity index (χ1n) is 12.9. The van der Waals surface area contributed by atoms with Crippen LogP contribution in [0.2, 0.25) is 5.02 Å². The van der Waals surface area contributed by atoms with Gasteiger partial charge in [0.1, 0.15) is 10.7 Å². The molecule has 4 heterocycles. The molecule has 2 aliphatic rings. The summed E-state index contributed by atoms with van der Waals surface area (Å²) in [5.41, 5.74) is 2.76. The zero-order chi connectivity index (χ0) is 26.8.